The van der Waals surface area contributed by atoms with E-state index in [0.717, 1.165) is 0 Å². The number of nitrogens with two attached hydrogens (primary N) is 1. The Morgan fingerprint density at radius 3 is 2.62 bits per heavy atom. The van der Waals surface area contributed by atoms with E-state index in [1.807, 2.05) is 6.92 Å². The van der Waals surface area contributed by atoms with E-state index in [1.54, 1.807) is 19.0 Å². The zero-order valence-corrected chi connectivity index (χ0v) is 13.8. The molecule has 1 aliphatic carbocycles. The van der Waals surface area contributed by atoms with Gasteiger partial charge in [0.05, 0.1) is 6.07 Å². The molecular weight excluding hydrogens is 312 g/mol. The van der Waals surface area contributed by atoms with Crippen LogP contribution in [0.5, 0.6) is 0 Å². The van der Waals surface area contributed by atoms with Gasteiger partial charge in [-0.2, -0.15) is 10.2 Å². The fraction of sp³-hybridized carbons (Fsp3) is 0.571. The lowest BCUT2D eigenvalue weighted by Crippen LogP contribution is -2.44. The van der Waals surface area contributed by atoms with Gasteiger partial charge < -0.3 is 21.3 Å². The first-order chi connectivity index (χ1) is 11.3. The summed E-state index contributed by atoms with van der Waals surface area (Å²) in [6.45, 7) is 2.24. The fourth-order valence-electron chi connectivity index (χ4n) is 2.23. The standard InChI is InChI=1S/C14H20N8O2/c1-8(18-12(24)14(7-15)4-5-14)6-22(3)13-19-11(17-2)9(10(16)23)20-21-13/h8H,4-6H2,1-3H3,(H2,16,23)(H,18,24)(H,17,19,21). The molecule has 128 valence electrons. The lowest BCUT2D eigenvalue weighted by molar-refractivity contribution is -0.125. The molecule has 0 radical (unpaired) electrons. The largest absolute Gasteiger partial charge is 0.371 e. The van der Waals surface area contributed by atoms with E-state index in [0.29, 0.717) is 19.4 Å². The minimum atomic E-state index is -0.854. The number of primary amides is 1. The summed E-state index contributed by atoms with van der Waals surface area (Å²) < 4.78 is 0. The zero-order valence-electron chi connectivity index (χ0n) is 13.8. The Kier molecular flexibility index (Phi) is 4.82. The molecule has 1 aromatic rings. The molecule has 1 fully saturated rings. The molecule has 0 aliphatic heterocycles. The van der Waals surface area contributed by atoms with Gasteiger partial charge in [-0.25, -0.2) is 0 Å². The second-order valence-electron chi connectivity index (χ2n) is 5.87. The highest BCUT2D eigenvalue weighted by atomic mass is 16.2. The number of amides is 2. The van der Waals surface area contributed by atoms with Gasteiger partial charge in [0.1, 0.15) is 5.41 Å². The van der Waals surface area contributed by atoms with Crippen LogP contribution in [0.3, 0.4) is 0 Å². The molecule has 2 amide bonds. The number of carbonyl (C=O) groups excluding carboxylic acids is 2. The Hall–Kier alpha value is -2.96. The topological polar surface area (TPSA) is 150 Å². The van der Waals surface area contributed by atoms with Crippen LogP contribution in [0, 0.1) is 16.7 Å². The molecule has 0 spiro atoms. The van der Waals surface area contributed by atoms with Crippen molar-refractivity contribution in [3.05, 3.63) is 5.69 Å². The van der Waals surface area contributed by atoms with Gasteiger partial charge in [0.15, 0.2) is 11.5 Å². The van der Waals surface area contributed by atoms with Crippen molar-refractivity contribution >= 4 is 23.6 Å². The van der Waals surface area contributed by atoms with Gasteiger partial charge in [-0.15, -0.1) is 10.2 Å². The average Bonchev–Trinajstić information content (AvgIpc) is 3.35. The molecule has 10 heteroatoms. The first-order valence-electron chi connectivity index (χ1n) is 7.48. The second kappa shape index (κ2) is 6.66. The van der Waals surface area contributed by atoms with Crippen LogP contribution in [0.15, 0.2) is 0 Å². The van der Waals surface area contributed by atoms with Crippen LogP contribution in [0.4, 0.5) is 11.8 Å². The van der Waals surface area contributed by atoms with Crippen LogP contribution in [-0.4, -0.2) is 53.7 Å². The van der Waals surface area contributed by atoms with Crippen LogP contribution in [0.25, 0.3) is 0 Å². The molecule has 1 aliphatic rings. The molecule has 1 atom stereocenters. The molecule has 24 heavy (non-hydrogen) atoms. The number of hydrogen-bond donors (Lipinski definition) is 3. The Bertz CT molecular complexity index is 695. The highest BCUT2D eigenvalue weighted by molar-refractivity contribution is 5.95. The number of anilines is 2. The molecule has 1 unspecified atom stereocenters. The highest BCUT2D eigenvalue weighted by Crippen LogP contribution is 2.45. The Morgan fingerprint density at radius 1 is 1.46 bits per heavy atom. The van der Waals surface area contributed by atoms with Gasteiger partial charge in [-0.05, 0) is 19.8 Å². The van der Waals surface area contributed by atoms with Crippen molar-refractivity contribution in [1.82, 2.24) is 20.5 Å². The first kappa shape index (κ1) is 17.4. The van der Waals surface area contributed by atoms with E-state index in [4.69, 9.17) is 11.0 Å². The average molecular weight is 332 g/mol. The molecule has 0 bridgehead atoms. The predicted molar refractivity (Wildman–Crippen MR) is 86.0 cm³/mol. The van der Waals surface area contributed by atoms with Gasteiger partial charge >= 0.3 is 0 Å². The predicted octanol–water partition coefficient (Wildman–Crippen LogP) is -0.743. The van der Waals surface area contributed by atoms with Crippen LogP contribution in [-0.2, 0) is 4.79 Å². The van der Waals surface area contributed by atoms with Gasteiger partial charge in [-0.3, -0.25) is 9.59 Å². The summed E-state index contributed by atoms with van der Waals surface area (Å²) in [6.07, 6.45) is 1.20. The number of nitrogens with zero attached hydrogens (tertiary/aromatic N) is 5. The molecular formula is C14H20N8O2. The highest BCUT2D eigenvalue weighted by Gasteiger charge is 2.50. The van der Waals surface area contributed by atoms with Gasteiger partial charge in [-0.1, -0.05) is 0 Å². The number of nitrogens with one attached hydrogen (secondary N) is 2. The number of likely N-dealkylation sites (N-methyl/N-ethyl adjacent to an activating group) is 1. The smallest absolute Gasteiger partial charge is 0.273 e. The number of hydrogen-bond acceptors (Lipinski definition) is 8. The summed E-state index contributed by atoms with van der Waals surface area (Å²) in [5.41, 5.74) is 4.31. The number of aromatic nitrogens is 3. The van der Waals surface area contributed by atoms with Crippen molar-refractivity contribution in [2.75, 3.05) is 30.9 Å². The van der Waals surface area contributed by atoms with Gasteiger partial charge in [0, 0.05) is 26.7 Å². The number of carbonyl (C=O) groups is 2. The lowest BCUT2D eigenvalue weighted by Gasteiger charge is -2.23. The zero-order chi connectivity index (χ0) is 17.9. The Balaban J connectivity index is 2.01. The van der Waals surface area contributed by atoms with Crippen molar-refractivity contribution in [3.8, 4) is 6.07 Å². The number of nitriles is 1. The minimum absolute atomic E-state index is 0.0410. The normalized spacial score (nSPS) is 15.8. The molecule has 1 aromatic heterocycles. The summed E-state index contributed by atoms with van der Waals surface area (Å²) in [6, 6.07) is 1.85. The maximum atomic E-state index is 12.0. The quantitative estimate of drug-likeness (QED) is 0.590. The maximum absolute atomic E-state index is 12.0. The fourth-order valence-corrected chi connectivity index (χ4v) is 2.23. The molecule has 1 heterocycles. The van der Waals surface area contributed by atoms with Crippen LogP contribution in [0.2, 0.25) is 0 Å². The Morgan fingerprint density at radius 2 is 2.12 bits per heavy atom. The van der Waals surface area contributed by atoms with E-state index in [2.05, 4.69) is 31.9 Å². The molecule has 10 nitrogen and oxygen atoms in total. The maximum Gasteiger partial charge on any atom is 0.273 e. The van der Waals surface area contributed by atoms with Gasteiger partial charge in [0.2, 0.25) is 11.9 Å². The van der Waals surface area contributed by atoms with Crippen molar-refractivity contribution in [1.29, 1.82) is 5.26 Å². The van der Waals surface area contributed by atoms with E-state index < -0.39 is 11.3 Å². The third kappa shape index (κ3) is 3.51. The van der Waals surface area contributed by atoms with Crippen LogP contribution in [0.1, 0.15) is 30.3 Å². The van der Waals surface area contributed by atoms with Gasteiger partial charge in [0.25, 0.3) is 5.91 Å². The molecule has 2 rings (SSSR count). The van der Waals surface area contributed by atoms with Crippen molar-refractivity contribution in [2.45, 2.75) is 25.8 Å². The second-order valence-corrected chi connectivity index (χ2v) is 5.87. The molecule has 0 saturated heterocycles. The first-order valence-corrected chi connectivity index (χ1v) is 7.48. The van der Waals surface area contributed by atoms with Crippen LogP contribution < -0.4 is 21.3 Å². The summed E-state index contributed by atoms with van der Waals surface area (Å²) in [7, 11) is 3.33. The number of rotatable bonds is 7. The minimum Gasteiger partial charge on any atom is -0.371 e. The van der Waals surface area contributed by atoms with Crippen LogP contribution >= 0.6 is 0 Å². The van der Waals surface area contributed by atoms with E-state index in [1.165, 1.54) is 0 Å². The van der Waals surface area contributed by atoms with E-state index in [-0.39, 0.29) is 29.4 Å². The Labute approximate surface area is 139 Å². The summed E-state index contributed by atoms with van der Waals surface area (Å²) in [5.74, 6) is -0.449. The van der Waals surface area contributed by atoms with Crippen molar-refractivity contribution in [2.24, 2.45) is 11.1 Å². The third-order valence-electron chi connectivity index (χ3n) is 3.81. The lowest BCUT2D eigenvalue weighted by atomic mass is 10.1. The monoisotopic (exact) mass is 332 g/mol. The molecule has 4 N–H and O–H groups in total. The van der Waals surface area contributed by atoms with Crippen molar-refractivity contribution in [3.63, 3.8) is 0 Å². The van der Waals surface area contributed by atoms with E-state index in [9.17, 15) is 9.59 Å². The molecule has 0 aromatic carbocycles. The van der Waals surface area contributed by atoms with Crippen molar-refractivity contribution < 1.29 is 9.59 Å². The summed E-state index contributed by atoms with van der Waals surface area (Å²) >= 11 is 0. The summed E-state index contributed by atoms with van der Waals surface area (Å²) in [5, 5.41) is 22.3. The SMILES string of the molecule is CNc1nc(N(C)CC(C)NC(=O)C2(C#N)CC2)nnc1C(N)=O. The molecule has 1 saturated carbocycles. The summed E-state index contributed by atoms with van der Waals surface area (Å²) in [4.78, 5) is 29.2. The van der Waals surface area contributed by atoms with E-state index >= 15 is 0 Å². The third-order valence-corrected chi connectivity index (χ3v) is 3.81.